The van der Waals surface area contributed by atoms with Gasteiger partial charge < -0.3 is 10.0 Å². The van der Waals surface area contributed by atoms with Crippen LogP contribution in [0.15, 0.2) is 42.5 Å². The number of benzene rings is 2. The van der Waals surface area contributed by atoms with E-state index < -0.39 is 16.1 Å². The molecule has 2 aromatic carbocycles. The number of aliphatic hydroxyl groups is 1. The average Bonchev–Trinajstić information content (AvgIpc) is 2.72. The zero-order valence-corrected chi connectivity index (χ0v) is 19.5. The maximum atomic E-state index is 12.1. The number of hydrogen-bond donors (Lipinski definition) is 1. The maximum Gasteiger partial charge on any atom is 0.232 e. The SMILES string of the molecule is Cc1cccc(N2CCN(CC(O)c3ccc4c(c3)CCCN4S(C)(=O)=O)CC2C)c1. The van der Waals surface area contributed by atoms with Crippen LogP contribution in [-0.4, -0.2) is 63.4 Å². The lowest BCUT2D eigenvalue weighted by Crippen LogP contribution is -2.52. The second-order valence-corrected chi connectivity index (χ2v) is 10.9. The number of hydrogen-bond acceptors (Lipinski definition) is 5. The van der Waals surface area contributed by atoms with E-state index in [2.05, 4.69) is 47.9 Å². The van der Waals surface area contributed by atoms with Crippen molar-refractivity contribution in [1.82, 2.24) is 4.90 Å². The standard InChI is InChI=1S/C24H33N3O3S/c1-18-6-4-8-22(14-18)26-13-12-25(16-19(26)2)17-24(28)21-9-10-23-20(15-21)7-5-11-27(23)31(3,29)30/h4,6,8-10,14-15,19,24,28H,5,7,11-13,16-17H2,1-3H3. The smallest absolute Gasteiger partial charge is 0.232 e. The van der Waals surface area contributed by atoms with E-state index in [9.17, 15) is 13.5 Å². The van der Waals surface area contributed by atoms with Crippen LogP contribution in [0.3, 0.4) is 0 Å². The molecule has 2 aliphatic heterocycles. The molecule has 2 atom stereocenters. The Bertz CT molecular complexity index is 1040. The lowest BCUT2D eigenvalue weighted by molar-refractivity contribution is 0.102. The molecule has 6 nitrogen and oxygen atoms in total. The van der Waals surface area contributed by atoms with Crippen LogP contribution >= 0.6 is 0 Å². The first-order valence-electron chi connectivity index (χ1n) is 11.1. The van der Waals surface area contributed by atoms with E-state index >= 15 is 0 Å². The van der Waals surface area contributed by atoms with Gasteiger partial charge >= 0.3 is 0 Å². The Balaban J connectivity index is 1.42. The van der Waals surface area contributed by atoms with Gasteiger partial charge in [0, 0.05) is 44.5 Å². The molecule has 0 bridgehead atoms. The van der Waals surface area contributed by atoms with Crippen molar-refractivity contribution in [3.8, 4) is 0 Å². The van der Waals surface area contributed by atoms with Crippen LogP contribution in [0.1, 0.15) is 36.1 Å². The quantitative estimate of drug-likeness (QED) is 0.770. The molecule has 2 aromatic rings. The van der Waals surface area contributed by atoms with E-state index in [0.717, 1.165) is 49.3 Å². The fourth-order valence-electron chi connectivity index (χ4n) is 4.87. The Morgan fingerprint density at radius 2 is 1.94 bits per heavy atom. The van der Waals surface area contributed by atoms with Crippen LogP contribution in [0.4, 0.5) is 11.4 Å². The minimum absolute atomic E-state index is 0.370. The summed E-state index contributed by atoms with van der Waals surface area (Å²) in [6.07, 6.45) is 2.31. The van der Waals surface area contributed by atoms with Gasteiger partial charge in [0.1, 0.15) is 0 Å². The van der Waals surface area contributed by atoms with E-state index in [1.807, 2.05) is 18.2 Å². The van der Waals surface area contributed by atoms with Crippen molar-refractivity contribution in [1.29, 1.82) is 0 Å². The van der Waals surface area contributed by atoms with Crippen molar-refractivity contribution in [2.24, 2.45) is 0 Å². The van der Waals surface area contributed by atoms with Gasteiger partial charge in [0.25, 0.3) is 0 Å². The summed E-state index contributed by atoms with van der Waals surface area (Å²) in [5.74, 6) is 0. The molecule has 2 heterocycles. The summed E-state index contributed by atoms with van der Waals surface area (Å²) in [5.41, 5.74) is 5.15. The zero-order valence-electron chi connectivity index (χ0n) is 18.7. The molecule has 1 fully saturated rings. The van der Waals surface area contributed by atoms with Gasteiger partial charge in [-0.25, -0.2) is 8.42 Å². The summed E-state index contributed by atoms with van der Waals surface area (Å²) < 4.78 is 25.6. The number of anilines is 2. The summed E-state index contributed by atoms with van der Waals surface area (Å²) >= 11 is 0. The highest BCUT2D eigenvalue weighted by molar-refractivity contribution is 7.92. The number of rotatable bonds is 5. The molecule has 2 unspecified atom stereocenters. The fraction of sp³-hybridized carbons (Fsp3) is 0.500. The molecule has 2 aliphatic rings. The van der Waals surface area contributed by atoms with Crippen molar-refractivity contribution >= 4 is 21.4 Å². The second-order valence-electron chi connectivity index (χ2n) is 8.98. The Hall–Kier alpha value is -2.09. The minimum atomic E-state index is -3.27. The number of β-amino-alcohol motifs (C(OH)–C–C–N with tert-alkyl or cyclic N) is 1. The second kappa shape index (κ2) is 8.81. The Morgan fingerprint density at radius 3 is 2.65 bits per heavy atom. The van der Waals surface area contributed by atoms with Crippen LogP contribution < -0.4 is 9.21 Å². The van der Waals surface area contributed by atoms with Crippen molar-refractivity contribution in [2.75, 3.05) is 48.2 Å². The van der Waals surface area contributed by atoms with Crippen LogP contribution in [-0.2, 0) is 16.4 Å². The molecule has 0 aliphatic carbocycles. The van der Waals surface area contributed by atoms with Gasteiger partial charge in [0.15, 0.2) is 0 Å². The summed E-state index contributed by atoms with van der Waals surface area (Å²) in [6, 6.07) is 14.7. The molecule has 7 heteroatoms. The summed E-state index contributed by atoms with van der Waals surface area (Å²) in [4.78, 5) is 4.76. The molecule has 0 spiro atoms. The number of fused-ring (bicyclic) bond motifs is 1. The highest BCUT2D eigenvalue weighted by Crippen LogP contribution is 2.32. The Kier molecular flexibility index (Phi) is 6.28. The Morgan fingerprint density at radius 1 is 1.13 bits per heavy atom. The summed E-state index contributed by atoms with van der Waals surface area (Å²) in [5, 5.41) is 10.9. The first-order valence-corrected chi connectivity index (χ1v) is 12.9. The van der Waals surface area contributed by atoms with Crippen molar-refractivity contribution in [2.45, 2.75) is 38.8 Å². The fourth-order valence-corrected chi connectivity index (χ4v) is 5.87. The summed E-state index contributed by atoms with van der Waals surface area (Å²) in [7, 11) is -3.27. The monoisotopic (exact) mass is 443 g/mol. The van der Waals surface area contributed by atoms with Gasteiger partial charge in [0.2, 0.25) is 10.0 Å². The molecule has 0 radical (unpaired) electrons. The molecule has 168 valence electrons. The number of sulfonamides is 1. The normalized spacial score (nSPS) is 21.1. The zero-order chi connectivity index (χ0) is 22.2. The number of aliphatic hydroxyl groups excluding tert-OH is 1. The van der Waals surface area contributed by atoms with Crippen molar-refractivity contribution in [3.05, 3.63) is 59.2 Å². The molecule has 0 aromatic heterocycles. The molecule has 0 saturated carbocycles. The van der Waals surface area contributed by atoms with Crippen molar-refractivity contribution < 1.29 is 13.5 Å². The molecule has 1 saturated heterocycles. The maximum absolute atomic E-state index is 12.1. The van der Waals surface area contributed by atoms with Gasteiger partial charge in [-0.2, -0.15) is 0 Å². The van der Waals surface area contributed by atoms with Crippen LogP contribution in [0.5, 0.6) is 0 Å². The van der Waals surface area contributed by atoms with E-state index in [1.165, 1.54) is 21.8 Å². The van der Waals surface area contributed by atoms with E-state index in [0.29, 0.717) is 19.1 Å². The molecule has 4 rings (SSSR count). The predicted octanol–water partition coefficient (Wildman–Crippen LogP) is 2.95. The molecular formula is C24H33N3O3S. The molecule has 0 amide bonds. The van der Waals surface area contributed by atoms with Crippen molar-refractivity contribution in [3.63, 3.8) is 0 Å². The molecule has 1 N–H and O–H groups in total. The first-order chi connectivity index (χ1) is 14.7. The van der Waals surface area contributed by atoms with Crippen LogP contribution in [0, 0.1) is 6.92 Å². The highest BCUT2D eigenvalue weighted by Gasteiger charge is 2.27. The largest absolute Gasteiger partial charge is 0.387 e. The van der Waals surface area contributed by atoms with E-state index in [4.69, 9.17) is 0 Å². The predicted molar refractivity (Wildman–Crippen MR) is 126 cm³/mol. The summed E-state index contributed by atoms with van der Waals surface area (Å²) in [6.45, 7) is 8.20. The Labute approximate surface area is 186 Å². The lowest BCUT2D eigenvalue weighted by atomic mass is 9.98. The van der Waals surface area contributed by atoms with Gasteiger partial charge in [0.05, 0.1) is 18.0 Å². The third kappa shape index (κ3) is 4.89. The molecule has 31 heavy (non-hydrogen) atoms. The number of nitrogens with zero attached hydrogens (tertiary/aromatic N) is 3. The van der Waals surface area contributed by atoms with Gasteiger partial charge in [-0.1, -0.05) is 24.3 Å². The number of aryl methyl sites for hydroxylation is 2. The average molecular weight is 444 g/mol. The number of piperazine rings is 1. The lowest BCUT2D eigenvalue weighted by Gasteiger charge is -2.42. The first kappa shape index (κ1) is 22.1. The van der Waals surface area contributed by atoms with Gasteiger partial charge in [-0.05, 0) is 61.6 Å². The third-order valence-electron chi connectivity index (χ3n) is 6.44. The van der Waals surface area contributed by atoms with Gasteiger partial charge in [-0.3, -0.25) is 9.21 Å². The third-order valence-corrected chi connectivity index (χ3v) is 7.62. The topological polar surface area (TPSA) is 64.1 Å². The van der Waals surface area contributed by atoms with E-state index in [1.54, 1.807) is 0 Å². The van der Waals surface area contributed by atoms with E-state index in [-0.39, 0.29) is 0 Å². The minimum Gasteiger partial charge on any atom is -0.387 e. The van der Waals surface area contributed by atoms with Crippen LogP contribution in [0.25, 0.3) is 0 Å². The molecular weight excluding hydrogens is 410 g/mol. The van der Waals surface area contributed by atoms with Crippen LogP contribution in [0.2, 0.25) is 0 Å². The highest BCUT2D eigenvalue weighted by atomic mass is 32.2. The van der Waals surface area contributed by atoms with Gasteiger partial charge in [-0.15, -0.1) is 0 Å².